The van der Waals surface area contributed by atoms with Crippen molar-refractivity contribution in [2.45, 2.75) is 25.1 Å². The smallest absolute Gasteiger partial charge is 0.416 e. The van der Waals surface area contributed by atoms with Gasteiger partial charge in [-0.25, -0.2) is 4.39 Å². The van der Waals surface area contributed by atoms with Gasteiger partial charge >= 0.3 is 12.1 Å². The number of piperidine rings is 1. The minimum absolute atomic E-state index is 0.141. The van der Waals surface area contributed by atoms with E-state index >= 15 is 0 Å². The van der Waals surface area contributed by atoms with Gasteiger partial charge in [0.2, 0.25) is 0 Å². The van der Waals surface area contributed by atoms with E-state index in [0.29, 0.717) is 31.5 Å². The molecular weight excluding hydrogens is 398 g/mol. The van der Waals surface area contributed by atoms with Crippen LogP contribution in [0.2, 0.25) is 5.02 Å². The Morgan fingerprint density at radius 2 is 1.82 bits per heavy atom. The van der Waals surface area contributed by atoms with Crippen LogP contribution in [-0.2, 0) is 11.0 Å². The fourth-order valence-electron chi connectivity index (χ4n) is 3.60. The molecule has 2 aromatic rings. The molecule has 0 spiro atoms. The zero-order valence-corrected chi connectivity index (χ0v) is 15.5. The van der Waals surface area contributed by atoms with Crippen LogP contribution >= 0.6 is 11.6 Å². The summed E-state index contributed by atoms with van der Waals surface area (Å²) in [5, 5.41) is 9.33. The third-order valence-electron chi connectivity index (χ3n) is 5.03. The molecule has 3 rings (SSSR count). The Hall–Kier alpha value is -2.12. The number of halogens is 5. The van der Waals surface area contributed by atoms with Gasteiger partial charge < -0.3 is 5.11 Å². The maximum atomic E-state index is 13.8. The molecule has 0 bridgehead atoms. The van der Waals surface area contributed by atoms with Gasteiger partial charge in [0.15, 0.2) is 0 Å². The quantitative estimate of drug-likeness (QED) is 0.681. The van der Waals surface area contributed by atoms with Gasteiger partial charge in [-0.2, -0.15) is 13.2 Å². The summed E-state index contributed by atoms with van der Waals surface area (Å²) in [5.41, 5.74) is -0.153. The number of carboxylic acid groups (broad SMARTS) is 1. The summed E-state index contributed by atoms with van der Waals surface area (Å²) in [4.78, 5) is 13.1. The molecule has 0 aromatic heterocycles. The molecule has 1 atom stereocenters. The Labute approximate surface area is 164 Å². The number of nitrogens with zero attached hydrogens (tertiary/aromatic N) is 1. The molecule has 1 N–H and O–H groups in total. The first-order valence-electron chi connectivity index (χ1n) is 8.76. The molecular formula is C20H18ClF4NO2. The fourth-order valence-corrected chi connectivity index (χ4v) is 3.82. The van der Waals surface area contributed by atoms with Crippen LogP contribution in [0, 0.1) is 11.7 Å². The van der Waals surface area contributed by atoms with Gasteiger partial charge in [0.25, 0.3) is 0 Å². The van der Waals surface area contributed by atoms with Gasteiger partial charge in [-0.3, -0.25) is 9.69 Å². The molecule has 2 aromatic carbocycles. The van der Waals surface area contributed by atoms with Gasteiger partial charge in [-0.1, -0.05) is 23.7 Å². The SMILES string of the molecule is O=C(O)C1CCN(C(c2cccc(F)c2)c2cc(C(F)(F)F)ccc2Cl)CC1. The van der Waals surface area contributed by atoms with Gasteiger partial charge in [0, 0.05) is 5.02 Å². The van der Waals surface area contributed by atoms with E-state index in [1.807, 2.05) is 4.90 Å². The lowest BCUT2D eigenvalue weighted by molar-refractivity contribution is -0.143. The monoisotopic (exact) mass is 415 g/mol. The van der Waals surface area contributed by atoms with Gasteiger partial charge in [0.1, 0.15) is 5.82 Å². The van der Waals surface area contributed by atoms with Crippen LogP contribution in [0.3, 0.4) is 0 Å². The van der Waals surface area contributed by atoms with Crippen molar-refractivity contribution in [2.75, 3.05) is 13.1 Å². The normalized spacial score (nSPS) is 17.5. The number of aliphatic carboxylic acids is 1. The number of likely N-dealkylation sites (tertiary alicyclic amines) is 1. The van der Waals surface area contributed by atoms with Crippen molar-refractivity contribution < 1.29 is 27.5 Å². The van der Waals surface area contributed by atoms with E-state index in [1.54, 1.807) is 6.07 Å². The Morgan fingerprint density at radius 3 is 2.39 bits per heavy atom. The van der Waals surface area contributed by atoms with E-state index < -0.39 is 35.5 Å². The summed E-state index contributed by atoms with van der Waals surface area (Å²) in [7, 11) is 0. The van der Waals surface area contributed by atoms with E-state index in [2.05, 4.69) is 0 Å². The predicted octanol–water partition coefficient (Wildman–Crippen LogP) is 5.38. The number of hydrogen-bond acceptors (Lipinski definition) is 2. The van der Waals surface area contributed by atoms with E-state index in [1.165, 1.54) is 24.3 Å². The van der Waals surface area contributed by atoms with Crippen LogP contribution in [0.5, 0.6) is 0 Å². The topological polar surface area (TPSA) is 40.5 Å². The Kier molecular flexibility index (Phi) is 5.95. The highest BCUT2D eigenvalue weighted by Crippen LogP contribution is 2.39. The summed E-state index contributed by atoms with van der Waals surface area (Å²) in [6.07, 6.45) is -3.82. The van der Waals surface area contributed by atoms with Crippen molar-refractivity contribution in [1.82, 2.24) is 4.90 Å². The molecule has 3 nitrogen and oxygen atoms in total. The Bertz CT molecular complexity index is 864. The molecule has 0 saturated carbocycles. The lowest BCUT2D eigenvalue weighted by Gasteiger charge is -2.37. The zero-order valence-electron chi connectivity index (χ0n) is 14.7. The summed E-state index contributed by atoms with van der Waals surface area (Å²) in [6, 6.07) is 8.02. The number of benzene rings is 2. The molecule has 28 heavy (non-hydrogen) atoms. The summed E-state index contributed by atoms with van der Waals surface area (Å²) < 4.78 is 53.5. The predicted molar refractivity (Wildman–Crippen MR) is 96.6 cm³/mol. The minimum Gasteiger partial charge on any atom is -0.481 e. The molecule has 0 aliphatic carbocycles. The second kappa shape index (κ2) is 8.09. The first-order chi connectivity index (χ1) is 13.2. The second-order valence-corrected chi connectivity index (χ2v) is 7.25. The highest BCUT2D eigenvalue weighted by atomic mass is 35.5. The third kappa shape index (κ3) is 4.47. The summed E-state index contributed by atoms with van der Waals surface area (Å²) in [6.45, 7) is 0.704. The van der Waals surface area contributed by atoms with Crippen LogP contribution in [0.15, 0.2) is 42.5 Å². The molecule has 8 heteroatoms. The fraction of sp³-hybridized carbons (Fsp3) is 0.350. The van der Waals surface area contributed by atoms with Crippen molar-refractivity contribution in [3.8, 4) is 0 Å². The Morgan fingerprint density at radius 1 is 1.14 bits per heavy atom. The molecule has 1 unspecified atom stereocenters. The number of carboxylic acids is 1. The van der Waals surface area contributed by atoms with Crippen molar-refractivity contribution in [3.63, 3.8) is 0 Å². The number of rotatable bonds is 4. The highest BCUT2D eigenvalue weighted by molar-refractivity contribution is 6.31. The van der Waals surface area contributed by atoms with Crippen molar-refractivity contribution >= 4 is 17.6 Å². The van der Waals surface area contributed by atoms with Gasteiger partial charge in [-0.15, -0.1) is 0 Å². The van der Waals surface area contributed by atoms with Crippen molar-refractivity contribution in [2.24, 2.45) is 5.92 Å². The number of hydrogen-bond donors (Lipinski definition) is 1. The van der Waals surface area contributed by atoms with E-state index in [4.69, 9.17) is 11.6 Å². The maximum absolute atomic E-state index is 13.8. The lowest BCUT2D eigenvalue weighted by Crippen LogP contribution is -2.39. The number of alkyl halides is 3. The van der Waals surface area contributed by atoms with Crippen LogP contribution in [0.4, 0.5) is 17.6 Å². The first kappa shape index (κ1) is 20.6. The molecule has 1 fully saturated rings. The Balaban J connectivity index is 2.04. The first-order valence-corrected chi connectivity index (χ1v) is 9.13. The molecule has 1 saturated heterocycles. The van der Waals surface area contributed by atoms with Gasteiger partial charge in [-0.05, 0) is 67.4 Å². The zero-order chi connectivity index (χ0) is 20.5. The van der Waals surface area contributed by atoms with Crippen LogP contribution < -0.4 is 0 Å². The van der Waals surface area contributed by atoms with Crippen molar-refractivity contribution in [3.05, 3.63) is 70.0 Å². The average Bonchev–Trinajstić information content (AvgIpc) is 2.63. The summed E-state index contributed by atoms with van der Waals surface area (Å²) in [5.74, 6) is -1.90. The van der Waals surface area contributed by atoms with Crippen molar-refractivity contribution in [1.29, 1.82) is 0 Å². The lowest BCUT2D eigenvalue weighted by atomic mass is 9.90. The molecule has 1 aliphatic rings. The molecule has 1 heterocycles. The molecule has 1 aliphatic heterocycles. The third-order valence-corrected chi connectivity index (χ3v) is 5.37. The van der Waals surface area contributed by atoms with Gasteiger partial charge in [0.05, 0.1) is 17.5 Å². The number of carbonyl (C=O) groups is 1. The highest BCUT2D eigenvalue weighted by Gasteiger charge is 2.35. The maximum Gasteiger partial charge on any atom is 0.416 e. The second-order valence-electron chi connectivity index (χ2n) is 6.84. The minimum atomic E-state index is -4.54. The van der Waals surface area contributed by atoms with E-state index in [9.17, 15) is 27.5 Å². The van der Waals surface area contributed by atoms with E-state index in [0.717, 1.165) is 12.1 Å². The average molecular weight is 416 g/mol. The van der Waals surface area contributed by atoms with Crippen LogP contribution in [0.25, 0.3) is 0 Å². The largest absolute Gasteiger partial charge is 0.481 e. The molecule has 150 valence electrons. The summed E-state index contributed by atoms with van der Waals surface area (Å²) >= 11 is 6.25. The standard InChI is InChI=1S/C20H18ClF4NO2/c21-17-5-4-14(20(23,24)25)11-16(17)18(13-2-1-3-15(22)10-13)26-8-6-12(7-9-26)19(27)28/h1-5,10-12,18H,6-9H2,(H,27,28). The van der Waals surface area contributed by atoms with Crippen LogP contribution in [0.1, 0.15) is 35.6 Å². The molecule has 0 amide bonds. The van der Waals surface area contributed by atoms with E-state index in [-0.39, 0.29) is 10.6 Å². The molecule has 0 radical (unpaired) electrons. The van der Waals surface area contributed by atoms with Crippen LogP contribution in [-0.4, -0.2) is 29.1 Å².